The number of benzene rings is 1. The van der Waals surface area contributed by atoms with Crippen LogP contribution in [0.5, 0.6) is 0 Å². The number of nitrogens with zero attached hydrogens (tertiary/aromatic N) is 2. The Morgan fingerprint density at radius 2 is 1.68 bits per heavy atom. The second-order valence-electron chi connectivity index (χ2n) is 3.71. The van der Waals surface area contributed by atoms with Crippen molar-refractivity contribution in [3.05, 3.63) is 47.0 Å². The molecule has 0 amide bonds. The predicted octanol–water partition coefficient (Wildman–Crippen LogP) is 3.75. The monoisotopic (exact) mass is 271 g/mol. The average Bonchev–Trinajstić information content (AvgIpc) is 2.77. The number of halogens is 3. The van der Waals surface area contributed by atoms with Crippen LogP contribution in [0.25, 0.3) is 0 Å². The zero-order valence-corrected chi connectivity index (χ0v) is 11.0. The van der Waals surface area contributed by atoms with Crippen LogP contribution in [0.1, 0.15) is 36.6 Å². The van der Waals surface area contributed by atoms with Crippen molar-refractivity contribution in [1.82, 2.24) is 15.2 Å². The van der Waals surface area contributed by atoms with Crippen molar-refractivity contribution < 1.29 is 13.2 Å². The Balaban J connectivity index is 0.000000861. The minimum absolute atomic E-state index is 0.419. The third-order valence-electron chi connectivity index (χ3n) is 2.29. The molecule has 1 aromatic carbocycles. The van der Waals surface area contributed by atoms with E-state index < -0.39 is 11.7 Å². The third kappa shape index (κ3) is 4.39. The molecular weight excluding hydrogens is 255 g/mol. The van der Waals surface area contributed by atoms with E-state index in [0.717, 1.165) is 17.7 Å². The molecule has 0 saturated heterocycles. The van der Waals surface area contributed by atoms with Crippen molar-refractivity contribution in [3.63, 3.8) is 0 Å². The second kappa shape index (κ2) is 6.36. The van der Waals surface area contributed by atoms with Crippen LogP contribution >= 0.6 is 0 Å². The number of aromatic nitrogens is 3. The lowest BCUT2D eigenvalue weighted by Gasteiger charge is -2.06. The van der Waals surface area contributed by atoms with Crippen LogP contribution in [0.3, 0.4) is 0 Å². The molecule has 104 valence electrons. The molecule has 0 bridgehead atoms. The first-order chi connectivity index (χ1) is 8.95. The summed E-state index contributed by atoms with van der Waals surface area (Å²) >= 11 is 0. The van der Waals surface area contributed by atoms with Gasteiger partial charge in [0, 0.05) is 6.42 Å². The van der Waals surface area contributed by atoms with Gasteiger partial charge >= 0.3 is 6.18 Å². The van der Waals surface area contributed by atoms with Gasteiger partial charge in [0.05, 0.1) is 5.56 Å². The Hall–Kier alpha value is -1.85. The van der Waals surface area contributed by atoms with Gasteiger partial charge in [-0.3, -0.25) is 5.10 Å². The van der Waals surface area contributed by atoms with Gasteiger partial charge in [0.25, 0.3) is 0 Å². The molecule has 0 aliphatic heterocycles. The van der Waals surface area contributed by atoms with Crippen LogP contribution in [0.4, 0.5) is 13.2 Å². The van der Waals surface area contributed by atoms with Gasteiger partial charge in [0.1, 0.15) is 5.82 Å². The first kappa shape index (κ1) is 15.2. The molecule has 1 heterocycles. The lowest BCUT2D eigenvalue weighted by atomic mass is 10.1. The predicted molar refractivity (Wildman–Crippen MR) is 66.7 cm³/mol. The smallest absolute Gasteiger partial charge is 0.263 e. The van der Waals surface area contributed by atoms with Gasteiger partial charge in [0.15, 0.2) is 5.82 Å². The average molecular weight is 271 g/mol. The molecule has 1 N–H and O–H groups in total. The number of aryl methyl sites for hydroxylation is 1. The largest absolute Gasteiger partial charge is 0.416 e. The summed E-state index contributed by atoms with van der Waals surface area (Å²) in [5.41, 5.74) is 0.101. The lowest BCUT2D eigenvalue weighted by Crippen LogP contribution is -2.04. The van der Waals surface area contributed by atoms with Crippen molar-refractivity contribution in [3.8, 4) is 0 Å². The fraction of sp³-hybridized carbons (Fsp3) is 0.385. The van der Waals surface area contributed by atoms with E-state index >= 15 is 0 Å². The van der Waals surface area contributed by atoms with Gasteiger partial charge < -0.3 is 0 Å². The van der Waals surface area contributed by atoms with Gasteiger partial charge in [-0.2, -0.15) is 18.3 Å². The second-order valence-corrected chi connectivity index (χ2v) is 3.71. The molecular formula is C13H16F3N3. The highest BCUT2D eigenvalue weighted by Crippen LogP contribution is 2.29. The topological polar surface area (TPSA) is 41.6 Å². The molecule has 0 aliphatic carbocycles. The highest BCUT2D eigenvalue weighted by molar-refractivity contribution is 5.26. The van der Waals surface area contributed by atoms with E-state index in [1.54, 1.807) is 6.92 Å². The van der Waals surface area contributed by atoms with E-state index in [9.17, 15) is 13.2 Å². The van der Waals surface area contributed by atoms with Crippen LogP contribution in [0, 0.1) is 6.92 Å². The quantitative estimate of drug-likeness (QED) is 0.903. The fourth-order valence-corrected chi connectivity index (χ4v) is 1.46. The minimum atomic E-state index is -4.29. The van der Waals surface area contributed by atoms with Crippen LogP contribution in [0.2, 0.25) is 0 Å². The first-order valence-corrected chi connectivity index (χ1v) is 5.99. The molecule has 0 fully saturated rings. The summed E-state index contributed by atoms with van der Waals surface area (Å²) in [7, 11) is 0. The molecule has 6 heteroatoms. The molecule has 0 saturated carbocycles. The number of alkyl halides is 3. The zero-order chi connectivity index (χ0) is 14.5. The summed E-state index contributed by atoms with van der Waals surface area (Å²) in [5, 5.41) is 6.61. The van der Waals surface area contributed by atoms with E-state index in [4.69, 9.17) is 0 Å². The van der Waals surface area contributed by atoms with E-state index in [2.05, 4.69) is 15.2 Å². The van der Waals surface area contributed by atoms with E-state index in [-0.39, 0.29) is 0 Å². The Morgan fingerprint density at radius 1 is 1.11 bits per heavy atom. The van der Waals surface area contributed by atoms with Gasteiger partial charge in [-0.1, -0.05) is 26.0 Å². The highest BCUT2D eigenvalue weighted by Gasteiger charge is 2.29. The molecule has 0 atom stereocenters. The SMILES string of the molecule is CC.Cc1nc(Cc2ccc(C(F)(F)F)cc2)n[nH]1. The fourth-order valence-electron chi connectivity index (χ4n) is 1.46. The van der Waals surface area contributed by atoms with Gasteiger partial charge in [-0.05, 0) is 24.6 Å². The standard InChI is InChI=1S/C11H10F3N3.C2H6/c1-7-15-10(17-16-7)6-8-2-4-9(5-3-8)11(12,13)14;1-2/h2-5H,6H2,1H3,(H,15,16,17);1-2H3. The zero-order valence-electron chi connectivity index (χ0n) is 11.0. The molecule has 1 aromatic heterocycles. The van der Waals surface area contributed by atoms with E-state index in [1.165, 1.54) is 12.1 Å². The molecule has 2 rings (SSSR count). The molecule has 0 unspecified atom stereocenters. The van der Waals surface area contributed by atoms with Crippen molar-refractivity contribution in [1.29, 1.82) is 0 Å². The van der Waals surface area contributed by atoms with Crippen LogP contribution in [-0.2, 0) is 12.6 Å². The first-order valence-electron chi connectivity index (χ1n) is 5.99. The number of hydrogen-bond donors (Lipinski definition) is 1. The molecule has 2 aromatic rings. The summed E-state index contributed by atoms with van der Waals surface area (Å²) in [5.74, 6) is 1.26. The Labute approximate surface area is 109 Å². The van der Waals surface area contributed by atoms with Gasteiger partial charge in [0.2, 0.25) is 0 Å². The Kier molecular flexibility index (Phi) is 5.09. The third-order valence-corrected chi connectivity index (χ3v) is 2.29. The maximum Gasteiger partial charge on any atom is 0.416 e. The number of rotatable bonds is 2. The maximum atomic E-state index is 12.3. The van der Waals surface area contributed by atoms with Crippen molar-refractivity contribution in [2.24, 2.45) is 0 Å². The Morgan fingerprint density at radius 3 is 2.11 bits per heavy atom. The maximum absolute atomic E-state index is 12.3. The molecule has 0 radical (unpaired) electrons. The molecule has 0 aliphatic rings. The summed E-state index contributed by atoms with van der Waals surface area (Å²) in [6.45, 7) is 5.77. The van der Waals surface area contributed by atoms with E-state index in [1.807, 2.05) is 13.8 Å². The summed E-state index contributed by atoms with van der Waals surface area (Å²) in [4.78, 5) is 4.09. The lowest BCUT2D eigenvalue weighted by molar-refractivity contribution is -0.137. The number of nitrogens with one attached hydrogen (secondary N) is 1. The van der Waals surface area contributed by atoms with Crippen LogP contribution in [0.15, 0.2) is 24.3 Å². The Bertz CT molecular complexity index is 501. The van der Waals surface area contributed by atoms with Crippen LogP contribution < -0.4 is 0 Å². The van der Waals surface area contributed by atoms with Crippen molar-refractivity contribution in [2.45, 2.75) is 33.4 Å². The number of H-pyrrole nitrogens is 1. The summed E-state index contributed by atoms with van der Waals surface area (Å²) in [6, 6.07) is 5.01. The van der Waals surface area contributed by atoms with Crippen molar-refractivity contribution in [2.75, 3.05) is 0 Å². The highest BCUT2D eigenvalue weighted by atomic mass is 19.4. The number of hydrogen-bond acceptors (Lipinski definition) is 2. The van der Waals surface area contributed by atoms with Gasteiger partial charge in [-0.25, -0.2) is 4.98 Å². The molecule has 0 spiro atoms. The molecule has 19 heavy (non-hydrogen) atoms. The minimum Gasteiger partial charge on any atom is -0.263 e. The molecule has 3 nitrogen and oxygen atoms in total. The normalized spacial score (nSPS) is 10.8. The van der Waals surface area contributed by atoms with Crippen molar-refractivity contribution >= 4 is 0 Å². The van der Waals surface area contributed by atoms with Crippen LogP contribution in [-0.4, -0.2) is 15.2 Å². The van der Waals surface area contributed by atoms with Gasteiger partial charge in [-0.15, -0.1) is 0 Å². The van der Waals surface area contributed by atoms with E-state index in [0.29, 0.717) is 18.1 Å². The summed E-state index contributed by atoms with van der Waals surface area (Å²) in [6.07, 6.45) is -3.87. The summed E-state index contributed by atoms with van der Waals surface area (Å²) < 4.78 is 37.0. The number of aromatic amines is 1.